The van der Waals surface area contributed by atoms with Crippen LogP contribution in [0.2, 0.25) is 0 Å². The topological polar surface area (TPSA) is 134 Å². The van der Waals surface area contributed by atoms with Crippen molar-refractivity contribution in [1.29, 1.82) is 0 Å². The maximum atomic E-state index is 4.05. The van der Waals surface area contributed by atoms with Crippen LogP contribution in [0.15, 0.2) is 31.0 Å². The molecular weight excluding hydrogens is 264 g/mol. The first-order chi connectivity index (χ1) is 9.93. The molecule has 0 aromatic carbocycles. The molecule has 20 heavy (non-hydrogen) atoms. The fraction of sp³-hybridized carbons (Fsp3) is 0. The molecule has 0 saturated carbocycles. The summed E-state index contributed by atoms with van der Waals surface area (Å²) in [5.74, 6) is 1.34. The van der Waals surface area contributed by atoms with Crippen molar-refractivity contribution in [3.63, 3.8) is 0 Å². The van der Waals surface area contributed by atoms with Crippen molar-refractivity contribution >= 4 is 0 Å². The summed E-state index contributed by atoms with van der Waals surface area (Å²) >= 11 is 0. The minimum absolute atomic E-state index is 0.392. The third kappa shape index (κ3) is 1.48. The van der Waals surface area contributed by atoms with Crippen LogP contribution < -0.4 is 0 Å². The van der Waals surface area contributed by atoms with Crippen LogP contribution in [0.4, 0.5) is 0 Å². The van der Waals surface area contributed by atoms with E-state index in [0.717, 1.165) is 0 Å². The van der Waals surface area contributed by atoms with Crippen LogP contribution in [-0.4, -0.2) is 60.4 Å². The molecule has 4 heterocycles. The Bertz CT molecular complexity index is 740. The summed E-state index contributed by atoms with van der Waals surface area (Å²) in [5.41, 5.74) is 0. The minimum atomic E-state index is 0.392. The van der Waals surface area contributed by atoms with Gasteiger partial charge in [0.05, 0.1) is 31.0 Å². The molecule has 0 saturated heterocycles. The first-order valence-electron chi connectivity index (χ1n) is 5.49. The van der Waals surface area contributed by atoms with Gasteiger partial charge in [-0.2, -0.15) is 29.9 Å². The first kappa shape index (κ1) is 10.5. The second-order valence-electron chi connectivity index (χ2n) is 3.64. The number of nitrogens with one attached hydrogen (secondary N) is 1. The molecule has 12 heteroatoms. The van der Waals surface area contributed by atoms with Gasteiger partial charge in [0.2, 0.25) is 11.6 Å². The van der Waals surface area contributed by atoms with Gasteiger partial charge < -0.3 is 0 Å². The predicted molar refractivity (Wildman–Crippen MR) is 61.1 cm³/mol. The second kappa shape index (κ2) is 4.04. The van der Waals surface area contributed by atoms with Crippen molar-refractivity contribution in [2.45, 2.75) is 0 Å². The molecule has 0 radical (unpaired) electrons. The lowest BCUT2D eigenvalue weighted by atomic mass is 10.6. The lowest BCUT2D eigenvalue weighted by Gasteiger charge is -2.03. The van der Waals surface area contributed by atoms with Crippen LogP contribution in [0.1, 0.15) is 0 Å². The van der Waals surface area contributed by atoms with Crippen LogP contribution in [0.3, 0.4) is 0 Å². The number of H-pyrrole nitrogens is 1. The van der Waals surface area contributed by atoms with Gasteiger partial charge in [-0.3, -0.25) is 0 Å². The zero-order valence-corrected chi connectivity index (χ0v) is 9.81. The van der Waals surface area contributed by atoms with Crippen LogP contribution in [0, 0.1) is 0 Å². The van der Waals surface area contributed by atoms with Gasteiger partial charge in [-0.1, -0.05) is 10.4 Å². The number of aromatic nitrogens is 12. The van der Waals surface area contributed by atoms with Gasteiger partial charge in [0.15, 0.2) is 5.82 Å². The molecule has 98 valence electrons. The Balaban J connectivity index is 1.98. The smallest absolute Gasteiger partial charge is 0.198 e. The SMILES string of the molecule is c1cn(-c2c(-n3nccn3)nnn2-c2cn[nH]n2)nn1. The Morgan fingerprint density at radius 3 is 2.65 bits per heavy atom. The number of nitrogens with zero attached hydrogens (tertiary/aromatic N) is 11. The summed E-state index contributed by atoms with van der Waals surface area (Å²) in [7, 11) is 0. The fourth-order valence-electron chi connectivity index (χ4n) is 1.70. The molecule has 4 aromatic rings. The molecule has 0 aliphatic heterocycles. The monoisotopic (exact) mass is 270 g/mol. The zero-order valence-electron chi connectivity index (χ0n) is 9.81. The van der Waals surface area contributed by atoms with Gasteiger partial charge in [0.1, 0.15) is 0 Å². The van der Waals surface area contributed by atoms with Gasteiger partial charge >= 0.3 is 0 Å². The third-order valence-corrected chi connectivity index (χ3v) is 2.50. The van der Waals surface area contributed by atoms with E-state index in [1.807, 2.05) is 0 Å². The van der Waals surface area contributed by atoms with E-state index in [4.69, 9.17) is 0 Å². The number of hydrogen-bond acceptors (Lipinski definition) is 8. The molecule has 0 bridgehead atoms. The summed E-state index contributed by atoms with van der Waals surface area (Å²) in [4.78, 5) is 1.33. The zero-order chi connectivity index (χ0) is 13.4. The van der Waals surface area contributed by atoms with E-state index in [1.165, 1.54) is 20.4 Å². The van der Waals surface area contributed by atoms with Gasteiger partial charge in [-0.15, -0.1) is 20.1 Å². The highest BCUT2D eigenvalue weighted by Gasteiger charge is 2.20. The van der Waals surface area contributed by atoms with Crippen molar-refractivity contribution in [2.75, 3.05) is 0 Å². The maximum Gasteiger partial charge on any atom is 0.242 e. The van der Waals surface area contributed by atoms with Crippen LogP contribution >= 0.6 is 0 Å². The second-order valence-corrected chi connectivity index (χ2v) is 3.64. The van der Waals surface area contributed by atoms with Gasteiger partial charge in [-0.25, -0.2) is 0 Å². The van der Waals surface area contributed by atoms with Crippen molar-refractivity contribution in [3.05, 3.63) is 31.0 Å². The van der Waals surface area contributed by atoms with Crippen molar-refractivity contribution in [2.24, 2.45) is 0 Å². The van der Waals surface area contributed by atoms with Crippen molar-refractivity contribution in [3.8, 4) is 17.5 Å². The molecule has 0 amide bonds. The highest BCUT2D eigenvalue weighted by Crippen LogP contribution is 2.16. The molecule has 0 aliphatic carbocycles. The molecule has 0 spiro atoms. The van der Waals surface area contributed by atoms with E-state index in [0.29, 0.717) is 17.5 Å². The Morgan fingerprint density at radius 1 is 1.05 bits per heavy atom. The van der Waals surface area contributed by atoms with Crippen LogP contribution in [-0.2, 0) is 0 Å². The molecule has 0 unspecified atom stereocenters. The van der Waals surface area contributed by atoms with E-state index >= 15 is 0 Å². The molecule has 0 fully saturated rings. The largest absolute Gasteiger partial charge is 0.242 e. The maximum absolute atomic E-state index is 4.05. The summed E-state index contributed by atoms with van der Waals surface area (Å²) in [6, 6.07) is 0. The third-order valence-electron chi connectivity index (χ3n) is 2.50. The van der Waals surface area contributed by atoms with Gasteiger partial charge in [-0.05, 0) is 0 Å². The highest BCUT2D eigenvalue weighted by molar-refractivity contribution is 5.42. The molecular formula is C8H6N12. The Morgan fingerprint density at radius 2 is 1.95 bits per heavy atom. The standard InChI is InChI=1S/C8H6N12/c1-2-12-20(11-1)7-8(18-4-3-9-16-18)19(17-14-7)6-5-10-15-13-6/h1-5H,(H,10,13,15). The van der Waals surface area contributed by atoms with E-state index in [-0.39, 0.29) is 0 Å². The number of aromatic amines is 1. The number of hydrogen-bond donors (Lipinski definition) is 1. The summed E-state index contributed by atoms with van der Waals surface area (Å²) in [5, 5.41) is 34.1. The lowest BCUT2D eigenvalue weighted by molar-refractivity contribution is 0.695. The predicted octanol–water partition coefficient (Wildman–Crippen LogP) is -1.45. The average molecular weight is 270 g/mol. The van der Waals surface area contributed by atoms with Crippen molar-refractivity contribution in [1.82, 2.24) is 60.4 Å². The van der Waals surface area contributed by atoms with E-state index < -0.39 is 0 Å². The molecule has 4 rings (SSSR count). The minimum Gasteiger partial charge on any atom is -0.198 e. The fourth-order valence-corrected chi connectivity index (χ4v) is 1.70. The number of rotatable bonds is 3. The Labute approximate surface area is 110 Å². The van der Waals surface area contributed by atoms with E-state index in [9.17, 15) is 0 Å². The van der Waals surface area contributed by atoms with Gasteiger partial charge in [0, 0.05) is 0 Å². The highest BCUT2D eigenvalue weighted by atomic mass is 15.6. The molecule has 4 aromatic heterocycles. The van der Waals surface area contributed by atoms with Crippen LogP contribution in [0.5, 0.6) is 0 Å². The molecule has 12 nitrogen and oxygen atoms in total. The van der Waals surface area contributed by atoms with Gasteiger partial charge in [0.25, 0.3) is 0 Å². The molecule has 0 aliphatic rings. The Hall–Kier alpha value is -3.44. The van der Waals surface area contributed by atoms with Crippen LogP contribution in [0.25, 0.3) is 17.5 Å². The molecule has 0 atom stereocenters. The lowest BCUT2D eigenvalue weighted by Crippen LogP contribution is -2.10. The Kier molecular flexibility index (Phi) is 2.12. The summed E-state index contributed by atoms with van der Waals surface area (Å²) < 4.78 is 2.95. The van der Waals surface area contributed by atoms with E-state index in [1.54, 1.807) is 24.8 Å². The van der Waals surface area contributed by atoms with Crippen molar-refractivity contribution < 1.29 is 0 Å². The molecule has 1 N–H and O–H groups in total. The summed E-state index contributed by atoms with van der Waals surface area (Å²) in [6.07, 6.45) is 7.79. The quantitative estimate of drug-likeness (QED) is 0.477. The summed E-state index contributed by atoms with van der Waals surface area (Å²) in [6.45, 7) is 0. The average Bonchev–Trinajstić information content (AvgIpc) is 3.23. The van der Waals surface area contributed by atoms with E-state index in [2.05, 4.69) is 46.2 Å². The first-order valence-corrected chi connectivity index (χ1v) is 5.49. The normalized spacial score (nSPS) is 11.0.